The van der Waals surface area contributed by atoms with E-state index in [1.165, 1.54) is 5.56 Å². The Labute approximate surface area is 143 Å². The summed E-state index contributed by atoms with van der Waals surface area (Å²) in [7, 11) is 1.62. The third-order valence-corrected chi connectivity index (χ3v) is 4.68. The van der Waals surface area contributed by atoms with Gasteiger partial charge in [-0.1, -0.05) is 6.07 Å². The van der Waals surface area contributed by atoms with Gasteiger partial charge in [-0.3, -0.25) is 9.78 Å². The molecular weight excluding hydrogens is 300 g/mol. The van der Waals surface area contributed by atoms with Gasteiger partial charge in [0.15, 0.2) is 0 Å². The predicted octanol–water partition coefficient (Wildman–Crippen LogP) is 3.64. The molecule has 1 amide bonds. The van der Waals surface area contributed by atoms with Crippen LogP contribution < -0.4 is 4.74 Å². The number of amides is 1. The molecule has 3 rings (SSSR count). The minimum atomic E-state index is 0.113. The van der Waals surface area contributed by atoms with Gasteiger partial charge in [-0.2, -0.15) is 0 Å². The summed E-state index contributed by atoms with van der Waals surface area (Å²) in [6.07, 6.45) is 6.00. The lowest BCUT2D eigenvalue weighted by Crippen LogP contribution is -2.35. The Morgan fingerprint density at radius 3 is 3.00 bits per heavy atom. The summed E-state index contributed by atoms with van der Waals surface area (Å²) >= 11 is 0. The molecule has 2 heterocycles. The van der Waals surface area contributed by atoms with E-state index in [0.717, 1.165) is 43.7 Å². The Hall–Kier alpha value is -2.36. The Morgan fingerprint density at radius 1 is 1.33 bits per heavy atom. The SMILES string of the molecule is COc1cccc(C(=O)N2CCCC2CCc2ccnc(C)c2)c1. The number of pyridine rings is 1. The van der Waals surface area contributed by atoms with Crippen LogP contribution in [0.25, 0.3) is 0 Å². The van der Waals surface area contributed by atoms with Crippen LogP contribution in [0.2, 0.25) is 0 Å². The maximum atomic E-state index is 12.9. The number of carbonyl (C=O) groups excluding carboxylic acids is 1. The van der Waals surface area contributed by atoms with Gasteiger partial charge < -0.3 is 9.64 Å². The van der Waals surface area contributed by atoms with Gasteiger partial charge in [-0.25, -0.2) is 0 Å². The van der Waals surface area contributed by atoms with Gasteiger partial charge in [0.05, 0.1) is 7.11 Å². The Morgan fingerprint density at radius 2 is 2.21 bits per heavy atom. The van der Waals surface area contributed by atoms with Crippen molar-refractivity contribution in [3.63, 3.8) is 0 Å². The number of likely N-dealkylation sites (tertiary alicyclic amines) is 1. The highest BCUT2D eigenvalue weighted by molar-refractivity contribution is 5.95. The lowest BCUT2D eigenvalue weighted by Gasteiger charge is -2.25. The number of aryl methyl sites for hydroxylation is 2. The molecule has 0 aliphatic carbocycles. The van der Waals surface area contributed by atoms with E-state index < -0.39 is 0 Å². The standard InChI is InChI=1S/C20H24N2O2/c1-15-13-16(10-11-21-15)8-9-18-6-4-12-22(18)20(23)17-5-3-7-19(14-17)24-2/h3,5,7,10-11,13-14,18H,4,6,8-9,12H2,1-2H3. The molecule has 1 aliphatic heterocycles. The maximum absolute atomic E-state index is 12.9. The van der Waals surface area contributed by atoms with Crippen molar-refractivity contribution in [3.8, 4) is 5.75 Å². The van der Waals surface area contributed by atoms with Gasteiger partial charge in [0.1, 0.15) is 5.75 Å². The molecule has 1 saturated heterocycles. The van der Waals surface area contributed by atoms with Crippen LogP contribution in [-0.4, -0.2) is 35.5 Å². The lowest BCUT2D eigenvalue weighted by atomic mass is 10.0. The summed E-state index contributed by atoms with van der Waals surface area (Å²) in [6, 6.07) is 11.9. The molecule has 24 heavy (non-hydrogen) atoms. The van der Waals surface area contributed by atoms with Crippen molar-refractivity contribution in [1.82, 2.24) is 9.88 Å². The highest BCUT2D eigenvalue weighted by Gasteiger charge is 2.29. The highest BCUT2D eigenvalue weighted by atomic mass is 16.5. The van der Waals surface area contributed by atoms with Crippen LogP contribution in [0.5, 0.6) is 5.75 Å². The average molecular weight is 324 g/mol. The van der Waals surface area contributed by atoms with Crippen molar-refractivity contribution in [3.05, 3.63) is 59.4 Å². The van der Waals surface area contributed by atoms with E-state index in [9.17, 15) is 4.79 Å². The number of aromatic nitrogens is 1. The van der Waals surface area contributed by atoms with Gasteiger partial charge in [0.25, 0.3) is 5.91 Å². The maximum Gasteiger partial charge on any atom is 0.254 e. The summed E-state index contributed by atoms with van der Waals surface area (Å²) < 4.78 is 5.23. The van der Waals surface area contributed by atoms with Gasteiger partial charge in [-0.15, -0.1) is 0 Å². The van der Waals surface area contributed by atoms with Crippen molar-refractivity contribution >= 4 is 5.91 Å². The fraction of sp³-hybridized carbons (Fsp3) is 0.400. The van der Waals surface area contributed by atoms with E-state index in [2.05, 4.69) is 17.1 Å². The summed E-state index contributed by atoms with van der Waals surface area (Å²) in [5.74, 6) is 0.839. The third-order valence-electron chi connectivity index (χ3n) is 4.68. The first-order valence-corrected chi connectivity index (χ1v) is 8.54. The molecular formula is C20H24N2O2. The number of hydrogen-bond acceptors (Lipinski definition) is 3. The number of rotatable bonds is 5. The number of ether oxygens (including phenoxy) is 1. The normalized spacial score (nSPS) is 17.1. The van der Waals surface area contributed by atoms with Crippen molar-refractivity contribution in [2.24, 2.45) is 0 Å². The monoisotopic (exact) mass is 324 g/mol. The molecule has 1 atom stereocenters. The molecule has 0 N–H and O–H groups in total. The first-order chi connectivity index (χ1) is 11.7. The Balaban J connectivity index is 1.67. The molecule has 1 aromatic carbocycles. The number of benzene rings is 1. The zero-order valence-corrected chi connectivity index (χ0v) is 14.4. The van der Waals surface area contributed by atoms with Crippen molar-refractivity contribution in [1.29, 1.82) is 0 Å². The van der Waals surface area contributed by atoms with Gasteiger partial charge in [0.2, 0.25) is 0 Å². The van der Waals surface area contributed by atoms with Crippen LogP contribution in [-0.2, 0) is 6.42 Å². The number of nitrogens with zero attached hydrogens (tertiary/aromatic N) is 2. The molecule has 1 fully saturated rings. The van der Waals surface area contributed by atoms with E-state index in [1.54, 1.807) is 7.11 Å². The van der Waals surface area contributed by atoms with E-state index in [1.807, 2.05) is 42.3 Å². The smallest absolute Gasteiger partial charge is 0.254 e. The van der Waals surface area contributed by atoms with Gasteiger partial charge >= 0.3 is 0 Å². The summed E-state index contributed by atoms with van der Waals surface area (Å²) in [4.78, 5) is 19.1. The molecule has 0 bridgehead atoms. The van der Waals surface area contributed by atoms with Crippen molar-refractivity contribution < 1.29 is 9.53 Å². The second-order valence-electron chi connectivity index (χ2n) is 6.37. The largest absolute Gasteiger partial charge is 0.497 e. The number of hydrogen-bond donors (Lipinski definition) is 0. The molecule has 0 radical (unpaired) electrons. The van der Waals surface area contributed by atoms with Gasteiger partial charge in [-0.05, 0) is 68.5 Å². The van der Waals surface area contributed by atoms with E-state index in [-0.39, 0.29) is 5.91 Å². The third kappa shape index (κ3) is 3.75. The van der Waals surface area contributed by atoms with E-state index in [4.69, 9.17) is 4.74 Å². The molecule has 4 nitrogen and oxygen atoms in total. The minimum Gasteiger partial charge on any atom is -0.497 e. The molecule has 4 heteroatoms. The van der Waals surface area contributed by atoms with Crippen LogP contribution in [0.15, 0.2) is 42.6 Å². The number of carbonyl (C=O) groups is 1. The topological polar surface area (TPSA) is 42.4 Å². The zero-order valence-electron chi connectivity index (χ0n) is 14.4. The lowest BCUT2D eigenvalue weighted by molar-refractivity contribution is 0.0730. The van der Waals surface area contributed by atoms with Crippen LogP contribution in [0, 0.1) is 6.92 Å². The molecule has 2 aromatic rings. The first kappa shape index (κ1) is 16.5. The molecule has 1 unspecified atom stereocenters. The molecule has 0 saturated carbocycles. The molecule has 0 spiro atoms. The minimum absolute atomic E-state index is 0.113. The fourth-order valence-electron chi connectivity index (χ4n) is 3.42. The van der Waals surface area contributed by atoms with Crippen LogP contribution in [0.4, 0.5) is 0 Å². The molecule has 1 aromatic heterocycles. The van der Waals surface area contributed by atoms with E-state index in [0.29, 0.717) is 11.6 Å². The first-order valence-electron chi connectivity index (χ1n) is 8.54. The second-order valence-corrected chi connectivity index (χ2v) is 6.37. The van der Waals surface area contributed by atoms with Gasteiger partial charge in [0, 0.05) is 30.0 Å². The van der Waals surface area contributed by atoms with Crippen LogP contribution >= 0.6 is 0 Å². The summed E-state index contributed by atoms with van der Waals surface area (Å²) in [5, 5.41) is 0. The Kier molecular flexibility index (Phi) is 5.14. The Bertz CT molecular complexity index is 714. The van der Waals surface area contributed by atoms with Crippen LogP contribution in [0.3, 0.4) is 0 Å². The van der Waals surface area contributed by atoms with E-state index >= 15 is 0 Å². The second kappa shape index (κ2) is 7.47. The average Bonchev–Trinajstić information content (AvgIpc) is 3.08. The predicted molar refractivity (Wildman–Crippen MR) is 94.3 cm³/mol. The highest BCUT2D eigenvalue weighted by Crippen LogP contribution is 2.25. The van der Waals surface area contributed by atoms with Crippen molar-refractivity contribution in [2.75, 3.05) is 13.7 Å². The van der Waals surface area contributed by atoms with Crippen LogP contribution in [0.1, 0.15) is 40.9 Å². The number of methoxy groups -OCH3 is 1. The molecule has 1 aliphatic rings. The van der Waals surface area contributed by atoms with Crippen molar-refractivity contribution in [2.45, 2.75) is 38.6 Å². The molecule has 126 valence electrons. The fourth-order valence-corrected chi connectivity index (χ4v) is 3.42. The summed E-state index contributed by atoms with van der Waals surface area (Å²) in [6.45, 7) is 2.85. The summed E-state index contributed by atoms with van der Waals surface area (Å²) in [5.41, 5.74) is 3.05. The zero-order chi connectivity index (χ0) is 16.9. The quantitative estimate of drug-likeness (QED) is 0.843.